The van der Waals surface area contributed by atoms with Crippen LogP contribution in [0.25, 0.3) is 0 Å². The monoisotopic (exact) mass is 396 g/mol. The maximum absolute atomic E-state index is 10.9. The van der Waals surface area contributed by atoms with Gasteiger partial charge in [-0.25, -0.2) is 4.79 Å². The van der Waals surface area contributed by atoms with E-state index in [1.165, 1.54) is 0 Å². The van der Waals surface area contributed by atoms with Crippen LogP contribution in [-0.4, -0.2) is 57.1 Å². The first-order chi connectivity index (χ1) is 9.41. The smallest absolute Gasteiger partial charge is 0.335 e. The number of hydrogen-bond acceptors (Lipinski definition) is 6. The molecule has 5 atom stereocenters. The summed E-state index contributed by atoms with van der Waals surface area (Å²) in [5, 5.41) is 37.9. The highest BCUT2D eigenvalue weighted by Gasteiger charge is 2.48. The van der Waals surface area contributed by atoms with Crippen LogP contribution in [0.15, 0.2) is 24.3 Å². The second-order valence-electron chi connectivity index (χ2n) is 4.28. The lowest BCUT2D eigenvalue weighted by atomic mass is 9.99. The summed E-state index contributed by atoms with van der Waals surface area (Å²) >= 11 is 2.00. The van der Waals surface area contributed by atoms with E-state index >= 15 is 0 Å². The van der Waals surface area contributed by atoms with Crippen molar-refractivity contribution in [2.75, 3.05) is 0 Å². The number of carboxylic acid groups (broad SMARTS) is 1. The van der Waals surface area contributed by atoms with Gasteiger partial charge in [-0.05, 0) is 34.7 Å². The van der Waals surface area contributed by atoms with Crippen molar-refractivity contribution in [3.63, 3.8) is 0 Å². The Hall–Kier alpha value is -0.940. The van der Waals surface area contributed by atoms with E-state index in [1.54, 1.807) is 24.3 Å². The SMILES string of the molecule is O=C(O)C1OC(Oc2ccccc2I)C(O)C(O)C1O. The molecule has 1 fully saturated rings. The van der Waals surface area contributed by atoms with Crippen molar-refractivity contribution < 1.29 is 34.7 Å². The Morgan fingerprint density at radius 1 is 1.15 bits per heavy atom. The van der Waals surface area contributed by atoms with E-state index in [1.807, 2.05) is 22.6 Å². The van der Waals surface area contributed by atoms with Crippen molar-refractivity contribution in [3.05, 3.63) is 27.8 Å². The van der Waals surface area contributed by atoms with E-state index < -0.39 is 36.7 Å². The molecule has 110 valence electrons. The van der Waals surface area contributed by atoms with Crippen molar-refractivity contribution >= 4 is 28.6 Å². The molecule has 2 rings (SSSR count). The molecule has 0 bridgehead atoms. The minimum absolute atomic E-state index is 0.380. The molecule has 0 aromatic heterocycles. The predicted octanol–water partition coefficient (Wildman–Crippen LogP) is -0.438. The maximum Gasteiger partial charge on any atom is 0.335 e. The van der Waals surface area contributed by atoms with Gasteiger partial charge in [0.2, 0.25) is 6.29 Å². The zero-order valence-electron chi connectivity index (χ0n) is 10.1. The second kappa shape index (κ2) is 6.22. The summed E-state index contributed by atoms with van der Waals surface area (Å²) in [6.45, 7) is 0. The zero-order valence-corrected chi connectivity index (χ0v) is 12.2. The third kappa shape index (κ3) is 3.04. The van der Waals surface area contributed by atoms with Gasteiger partial charge in [0, 0.05) is 0 Å². The predicted molar refractivity (Wildman–Crippen MR) is 74.1 cm³/mol. The summed E-state index contributed by atoms with van der Waals surface area (Å²) < 4.78 is 11.1. The molecule has 5 unspecified atom stereocenters. The topological polar surface area (TPSA) is 116 Å². The fraction of sp³-hybridized carbons (Fsp3) is 0.417. The molecule has 20 heavy (non-hydrogen) atoms. The van der Waals surface area contributed by atoms with Gasteiger partial charge in [-0.2, -0.15) is 0 Å². The molecule has 0 radical (unpaired) electrons. The van der Waals surface area contributed by atoms with E-state index in [2.05, 4.69) is 0 Å². The molecule has 1 aliphatic heterocycles. The average Bonchev–Trinajstić information content (AvgIpc) is 2.41. The van der Waals surface area contributed by atoms with Gasteiger partial charge in [-0.3, -0.25) is 0 Å². The summed E-state index contributed by atoms with van der Waals surface area (Å²) in [4.78, 5) is 10.9. The molecule has 0 spiro atoms. The van der Waals surface area contributed by atoms with Crippen LogP contribution in [0.3, 0.4) is 0 Å². The van der Waals surface area contributed by atoms with Crippen molar-refractivity contribution in [1.82, 2.24) is 0 Å². The van der Waals surface area contributed by atoms with Crippen molar-refractivity contribution in [2.24, 2.45) is 0 Å². The van der Waals surface area contributed by atoms with Crippen LogP contribution in [0.1, 0.15) is 0 Å². The Kier molecular flexibility index (Phi) is 4.81. The Morgan fingerprint density at radius 2 is 1.80 bits per heavy atom. The van der Waals surface area contributed by atoms with E-state index in [4.69, 9.17) is 14.6 Å². The van der Waals surface area contributed by atoms with Gasteiger partial charge >= 0.3 is 5.97 Å². The lowest BCUT2D eigenvalue weighted by molar-refractivity contribution is -0.271. The number of aliphatic carboxylic acids is 1. The number of halogens is 1. The lowest BCUT2D eigenvalue weighted by Gasteiger charge is -2.38. The molecule has 1 aromatic carbocycles. The van der Waals surface area contributed by atoms with Crippen LogP contribution in [0, 0.1) is 3.57 Å². The summed E-state index contributed by atoms with van der Waals surface area (Å²) in [7, 11) is 0. The lowest BCUT2D eigenvalue weighted by Crippen LogP contribution is -2.61. The molecule has 0 amide bonds. The molecule has 0 aliphatic carbocycles. The van der Waals surface area contributed by atoms with Gasteiger partial charge in [-0.1, -0.05) is 12.1 Å². The van der Waals surface area contributed by atoms with E-state index in [9.17, 15) is 20.1 Å². The molecule has 0 saturated carbocycles. The highest BCUT2D eigenvalue weighted by Crippen LogP contribution is 2.27. The van der Waals surface area contributed by atoms with E-state index in [0.717, 1.165) is 3.57 Å². The molecule has 8 heteroatoms. The molecular formula is C12H13IO7. The quantitative estimate of drug-likeness (QED) is 0.512. The first kappa shape index (κ1) is 15.4. The van der Waals surface area contributed by atoms with Crippen molar-refractivity contribution in [2.45, 2.75) is 30.7 Å². The summed E-state index contributed by atoms with van der Waals surface area (Å²) in [6.07, 6.45) is -8.00. The van der Waals surface area contributed by atoms with Gasteiger partial charge in [0.05, 0.1) is 3.57 Å². The number of carbonyl (C=O) groups is 1. The van der Waals surface area contributed by atoms with Gasteiger partial charge in [0.15, 0.2) is 6.10 Å². The molecular weight excluding hydrogens is 383 g/mol. The molecule has 1 aliphatic rings. The Balaban J connectivity index is 2.18. The van der Waals surface area contributed by atoms with Gasteiger partial charge in [0.1, 0.15) is 24.1 Å². The van der Waals surface area contributed by atoms with E-state index in [-0.39, 0.29) is 0 Å². The molecule has 1 saturated heterocycles. The van der Waals surface area contributed by atoms with E-state index in [0.29, 0.717) is 5.75 Å². The Labute approximate surface area is 127 Å². The number of aliphatic hydroxyl groups excluding tert-OH is 3. The van der Waals surface area contributed by atoms with Crippen molar-refractivity contribution in [3.8, 4) is 5.75 Å². The maximum atomic E-state index is 10.9. The minimum atomic E-state index is -1.72. The van der Waals surface area contributed by atoms with Crippen LogP contribution in [0.4, 0.5) is 0 Å². The highest BCUT2D eigenvalue weighted by molar-refractivity contribution is 14.1. The van der Waals surface area contributed by atoms with Crippen LogP contribution in [0.2, 0.25) is 0 Å². The first-order valence-electron chi connectivity index (χ1n) is 5.75. The number of rotatable bonds is 3. The summed E-state index contributed by atoms with van der Waals surface area (Å²) in [5.74, 6) is -1.07. The number of para-hydroxylation sites is 1. The zero-order chi connectivity index (χ0) is 14.9. The third-order valence-corrected chi connectivity index (χ3v) is 3.78. The fourth-order valence-electron chi connectivity index (χ4n) is 1.81. The third-order valence-electron chi connectivity index (χ3n) is 2.89. The van der Waals surface area contributed by atoms with Crippen molar-refractivity contribution in [1.29, 1.82) is 0 Å². The fourth-order valence-corrected chi connectivity index (χ4v) is 2.33. The van der Waals surface area contributed by atoms with Gasteiger partial charge in [0.25, 0.3) is 0 Å². The van der Waals surface area contributed by atoms with Crippen LogP contribution < -0.4 is 4.74 Å². The molecule has 4 N–H and O–H groups in total. The highest BCUT2D eigenvalue weighted by atomic mass is 127. The van der Waals surface area contributed by atoms with Crippen LogP contribution in [-0.2, 0) is 9.53 Å². The molecule has 1 aromatic rings. The summed E-state index contributed by atoms with van der Waals surface area (Å²) in [6, 6.07) is 6.86. The van der Waals surface area contributed by atoms with Gasteiger partial charge in [-0.15, -0.1) is 0 Å². The molecule has 7 nitrogen and oxygen atoms in total. The standard InChI is InChI=1S/C12H13IO7/c13-5-3-1-2-4-6(5)19-12-9(16)7(14)8(15)10(20-12)11(17)18/h1-4,7-10,12,14-16H,(H,17,18). The number of aliphatic hydroxyl groups is 3. The Bertz CT molecular complexity index is 494. The van der Waals surface area contributed by atoms with Crippen LogP contribution in [0.5, 0.6) is 5.75 Å². The second-order valence-corrected chi connectivity index (χ2v) is 5.45. The number of benzene rings is 1. The van der Waals surface area contributed by atoms with Crippen LogP contribution >= 0.6 is 22.6 Å². The Morgan fingerprint density at radius 3 is 2.40 bits per heavy atom. The minimum Gasteiger partial charge on any atom is -0.479 e. The normalized spacial score (nSPS) is 33.7. The number of carboxylic acids is 1. The number of ether oxygens (including phenoxy) is 2. The average molecular weight is 396 g/mol. The first-order valence-corrected chi connectivity index (χ1v) is 6.83. The molecule has 1 heterocycles. The largest absolute Gasteiger partial charge is 0.479 e. The summed E-state index contributed by atoms with van der Waals surface area (Å²) in [5.41, 5.74) is 0. The van der Waals surface area contributed by atoms with Gasteiger partial charge < -0.3 is 29.9 Å². The number of hydrogen-bond donors (Lipinski definition) is 4.